The van der Waals surface area contributed by atoms with Crippen molar-refractivity contribution in [2.45, 2.75) is 96.8 Å². The van der Waals surface area contributed by atoms with Crippen LogP contribution in [0.4, 0.5) is 11.9 Å². The van der Waals surface area contributed by atoms with E-state index in [-0.39, 0.29) is 0 Å². The molecule has 1 aromatic rings. The number of anilines is 2. The van der Waals surface area contributed by atoms with Crippen LogP contribution in [0.2, 0.25) is 0 Å². The van der Waals surface area contributed by atoms with Crippen molar-refractivity contribution >= 4 is 11.9 Å². The molecule has 0 fully saturated rings. The van der Waals surface area contributed by atoms with Crippen molar-refractivity contribution in [1.82, 2.24) is 15.2 Å². The predicted octanol–water partition coefficient (Wildman–Crippen LogP) is 5.84. The number of hydrogen-bond acceptors (Lipinski definition) is 4. The number of nitrogens with two attached hydrogens (primary N) is 1. The summed E-state index contributed by atoms with van der Waals surface area (Å²) in [6, 6.07) is 0. The number of aromatic nitrogens is 3. The molecule has 1 rings (SSSR count). The fraction of sp³-hybridized carbons (Fsp3) is 0.800. The lowest BCUT2D eigenvalue weighted by Crippen LogP contribution is -2.03. The first-order valence-electron chi connectivity index (χ1n) is 10.4. The van der Waals surface area contributed by atoms with E-state index in [1.54, 1.807) is 0 Å². The third kappa shape index (κ3) is 13.4. The number of aromatic amines is 1. The summed E-state index contributed by atoms with van der Waals surface area (Å²) in [5, 5.41) is 9.74. The molecule has 25 heavy (non-hydrogen) atoms. The summed E-state index contributed by atoms with van der Waals surface area (Å²) < 4.78 is 0. The zero-order valence-electron chi connectivity index (χ0n) is 16.2. The van der Waals surface area contributed by atoms with E-state index < -0.39 is 0 Å². The number of nitrogens with zero attached hydrogens (tertiary/aromatic N) is 2. The van der Waals surface area contributed by atoms with Crippen LogP contribution in [-0.4, -0.2) is 21.7 Å². The molecule has 0 spiro atoms. The van der Waals surface area contributed by atoms with Crippen LogP contribution in [0.25, 0.3) is 0 Å². The maximum absolute atomic E-state index is 5.47. The minimum absolute atomic E-state index is 0.364. The van der Waals surface area contributed by atoms with Crippen LogP contribution in [0.5, 0.6) is 0 Å². The molecule has 0 atom stereocenters. The van der Waals surface area contributed by atoms with Crippen LogP contribution in [-0.2, 0) is 0 Å². The molecule has 0 aliphatic rings. The first kappa shape index (κ1) is 21.5. The van der Waals surface area contributed by atoms with Crippen LogP contribution >= 0.6 is 0 Å². The molecule has 0 radical (unpaired) electrons. The standard InChI is InChI=1S/C20H39N5/c1-2-3-4-5-6-7-8-9-10-11-12-13-14-15-16-17-18-22-20-23-19(21)24-25-20/h9-10H,2-8,11-18H2,1H3,(H4,21,22,23,24,25)/b10-9-. The van der Waals surface area contributed by atoms with Crippen molar-refractivity contribution in [2.24, 2.45) is 0 Å². The second-order valence-corrected chi connectivity index (χ2v) is 6.91. The number of nitrogen functional groups attached to an aromatic ring is 1. The average molecular weight is 350 g/mol. The van der Waals surface area contributed by atoms with Gasteiger partial charge in [-0.3, -0.25) is 0 Å². The van der Waals surface area contributed by atoms with Crippen LogP contribution in [0, 0.1) is 0 Å². The molecule has 5 heteroatoms. The van der Waals surface area contributed by atoms with Gasteiger partial charge in [-0.25, -0.2) is 5.10 Å². The van der Waals surface area contributed by atoms with Crippen molar-refractivity contribution in [2.75, 3.05) is 17.6 Å². The minimum Gasteiger partial charge on any atom is -0.368 e. The van der Waals surface area contributed by atoms with Gasteiger partial charge in [0.15, 0.2) is 0 Å². The third-order valence-electron chi connectivity index (χ3n) is 4.47. The van der Waals surface area contributed by atoms with Gasteiger partial charge >= 0.3 is 0 Å². The van der Waals surface area contributed by atoms with Gasteiger partial charge in [-0.05, 0) is 32.1 Å². The Bertz CT molecular complexity index is 427. The van der Waals surface area contributed by atoms with Gasteiger partial charge in [-0.15, -0.1) is 5.10 Å². The molecule has 0 aliphatic carbocycles. The van der Waals surface area contributed by atoms with Gasteiger partial charge in [0.25, 0.3) is 0 Å². The van der Waals surface area contributed by atoms with E-state index in [4.69, 9.17) is 5.73 Å². The van der Waals surface area contributed by atoms with E-state index in [9.17, 15) is 0 Å². The van der Waals surface area contributed by atoms with Crippen LogP contribution < -0.4 is 11.1 Å². The number of nitrogens with one attached hydrogen (secondary N) is 2. The van der Waals surface area contributed by atoms with Crippen LogP contribution in [0.3, 0.4) is 0 Å². The summed E-state index contributed by atoms with van der Waals surface area (Å²) in [5.41, 5.74) is 5.47. The van der Waals surface area contributed by atoms with Gasteiger partial charge in [0, 0.05) is 6.54 Å². The molecule has 1 aromatic heterocycles. The number of allylic oxidation sites excluding steroid dienone is 2. The normalized spacial score (nSPS) is 11.4. The lowest BCUT2D eigenvalue weighted by molar-refractivity contribution is 0.602. The Labute approximate surface area is 154 Å². The van der Waals surface area contributed by atoms with Crippen LogP contribution in [0.15, 0.2) is 12.2 Å². The Balaban J connectivity index is 1.74. The van der Waals surface area contributed by atoms with E-state index in [1.165, 1.54) is 83.5 Å². The largest absolute Gasteiger partial charge is 0.368 e. The van der Waals surface area contributed by atoms with Gasteiger partial charge in [0.2, 0.25) is 11.9 Å². The number of hydrogen-bond donors (Lipinski definition) is 3. The highest BCUT2D eigenvalue weighted by molar-refractivity contribution is 5.29. The van der Waals surface area contributed by atoms with E-state index in [0.29, 0.717) is 11.9 Å². The van der Waals surface area contributed by atoms with Gasteiger partial charge in [0.05, 0.1) is 0 Å². The smallest absolute Gasteiger partial charge is 0.243 e. The summed E-state index contributed by atoms with van der Waals surface area (Å²) in [6.45, 7) is 3.19. The molecule has 0 saturated heterocycles. The average Bonchev–Trinajstić information content (AvgIpc) is 3.03. The number of rotatable bonds is 17. The molecule has 0 aromatic carbocycles. The summed E-state index contributed by atoms with van der Waals surface area (Å²) in [5.74, 6) is 0.966. The predicted molar refractivity (Wildman–Crippen MR) is 109 cm³/mol. The van der Waals surface area contributed by atoms with Crippen molar-refractivity contribution in [3.8, 4) is 0 Å². The highest BCUT2D eigenvalue weighted by Crippen LogP contribution is 2.10. The molecular weight excluding hydrogens is 310 g/mol. The third-order valence-corrected chi connectivity index (χ3v) is 4.47. The SMILES string of the molecule is CCCCCCCC/C=C\CCCCCCCCNc1n[nH]c(N)n1. The summed E-state index contributed by atoms with van der Waals surface area (Å²) in [4.78, 5) is 4.02. The number of unbranched alkanes of at least 4 members (excludes halogenated alkanes) is 12. The van der Waals surface area contributed by atoms with E-state index in [1.807, 2.05) is 0 Å². The second-order valence-electron chi connectivity index (χ2n) is 6.91. The molecule has 5 nitrogen and oxygen atoms in total. The Hall–Kier alpha value is -1.52. The van der Waals surface area contributed by atoms with Crippen LogP contribution in [0.1, 0.15) is 96.8 Å². The monoisotopic (exact) mass is 349 g/mol. The second kappa shape index (κ2) is 16.0. The van der Waals surface area contributed by atoms with Gasteiger partial charge in [-0.1, -0.05) is 76.9 Å². The summed E-state index contributed by atoms with van der Waals surface area (Å²) in [7, 11) is 0. The molecule has 1 heterocycles. The highest BCUT2D eigenvalue weighted by Gasteiger charge is 1.97. The molecule has 0 bridgehead atoms. The molecular formula is C20H39N5. The van der Waals surface area contributed by atoms with Crippen molar-refractivity contribution in [3.05, 3.63) is 12.2 Å². The Kier molecular flexibility index (Phi) is 13.8. The Morgan fingerprint density at radius 2 is 1.40 bits per heavy atom. The molecule has 0 aliphatic heterocycles. The first-order valence-corrected chi connectivity index (χ1v) is 10.4. The van der Waals surface area contributed by atoms with Gasteiger partial charge < -0.3 is 11.1 Å². The Morgan fingerprint density at radius 1 is 0.840 bits per heavy atom. The van der Waals surface area contributed by atoms with E-state index >= 15 is 0 Å². The maximum atomic E-state index is 5.47. The molecule has 144 valence electrons. The molecule has 0 unspecified atom stereocenters. The van der Waals surface area contributed by atoms with Crippen molar-refractivity contribution < 1.29 is 0 Å². The van der Waals surface area contributed by atoms with E-state index in [2.05, 4.69) is 39.6 Å². The lowest BCUT2D eigenvalue weighted by Gasteiger charge is -2.02. The summed E-state index contributed by atoms with van der Waals surface area (Å²) >= 11 is 0. The molecule has 0 amide bonds. The topological polar surface area (TPSA) is 79.6 Å². The Morgan fingerprint density at radius 3 is 1.96 bits per heavy atom. The van der Waals surface area contributed by atoms with Crippen molar-refractivity contribution in [3.63, 3.8) is 0 Å². The fourth-order valence-corrected chi connectivity index (χ4v) is 2.93. The lowest BCUT2D eigenvalue weighted by atomic mass is 10.1. The van der Waals surface area contributed by atoms with Gasteiger partial charge in [-0.2, -0.15) is 4.98 Å². The van der Waals surface area contributed by atoms with Crippen molar-refractivity contribution in [1.29, 1.82) is 0 Å². The quantitative estimate of drug-likeness (QED) is 0.244. The molecule has 4 N–H and O–H groups in total. The maximum Gasteiger partial charge on any atom is 0.243 e. The minimum atomic E-state index is 0.364. The first-order chi connectivity index (χ1) is 12.3. The number of H-pyrrole nitrogens is 1. The fourth-order valence-electron chi connectivity index (χ4n) is 2.93. The van der Waals surface area contributed by atoms with E-state index in [0.717, 1.165) is 13.0 Å². The summed E-state index contributed by atoms with van der Waals surface area (Å²) in [6.07, 6.45) is 23.4. The highest BCUT2D eigenvalue weighted by atomic mass is 15.3. The zero-order valence-corrected chi connectivity index (χ0v) is 16.2. The molecule has 0 saturated carbocycles. The zero-order chi connectivity index (χ0) is 18.0. The van der Waals surface area contributed by atoms with Gasteiger partial charge in [0.1, 0.15) is 0 Å².